The Kier molecular flexibility index (Phi) is 4.90. The molecule has 0 fully saturated rings. The van der Waals surface area contributed by atoms with Crippen LogP contribution in [0.3, 0.4) is 0 Å². The highest BCUT2D eigenvalue weighted by molar-refractivity contribution is 7.09. The Balaban J connectivity index is 2.72. The molecule has 0 aliphatic heterocycles. The Morgan fingerprint density at radius 2 is 2.18 bits per heavy atom. The van der Waals surface area contributed by atoms with Crippen molar-refractivity contribution in [2.75, 3.05) is 0 Å². The minimum atomic E-state index is -1.11. The zero-order valence-corrected chi connectivity index (χ0v) is 10.6. The summed E-state index contributed by atoms with van der Waals surface area (Å²) in [5, 5.41) is 10.4. The molecule has 0 saturated heterocycles. The molecule has 0 atom stereocenters. The zero-order valence-electron chi connectivity index (χ0n) is 9.79. The van der Waals surface area contributed by atoms with Crippen LogP contribution in [-0.4, -0.2) is 27.9 Å². The molecule has 0 aliphatic rings. The molecule has 1 amide bonds. The van der Waals surface area contributed by atoms with Gasteiger partial charge in [0.15, 0.2) is 0 Å². The average Bonchev–Trinajstić information content (AvgIpc) is 2.74. The van der Waals surface area contributed by atoms with Crippen LogP contribution in [-0.2, 0) is 16.1 Å². The Morgan fingerprint density at radius 3 is 2.65 bits per heavy atom. The largest absolute Gasteiger partial charge is 0.478 e. The number of rotatable bonds is 5. The van der Waals surface area contributed by atoms with E-state index in [9.17, 15) is 9.59 Å². The number of aliphatic carboxylic acids is 1. The van der Waals surface area contributed by atoms with Crippen molar-refractivity contribution < 1.29 is 14.7 Å². The quantitative estimate of drug-likeness (QED) is 0.818. The number of hydrogen-bond donors (Lipinski definition) is 1. The summed E-state index contributed by atoms with van der Waals surface area (Å²) in [5.74, 6) is -1.39. The third kappa shape index (κ3) is 4.40. The number of amides is 1. The third-order valence-corrected chi connectivity index (χ3v) is 3.04. The first-order valence-electron chi connectivity index (χ1n) is 5.24. The first-order valence-corrected chi connectivity index (χ1v) is 6.12. The second-order valence-corrected chi connectivity index (χ2v) is 4.84. The van der Waals surface area contributed by atoms with Crippen LogP contribution in [0, 0.1) is 0 Å². The molecular weight excluding hydrogens is 238 g/mol. The number of thiophene rings is 1. The van der Waals surface area contributed by atoms with Crippen LogP contribution >= 0.6 is 11.3 Å². The first kappa shape index (κ1) is 13.4. The van der Waals surface area contributed by atoms with Crippen LogP contribution in [0.15, 0.2) is 29.7 Å². The lowest BCUT2D eigenvalue weighted by Gasteiger charge is -2.24. The summed E-state index contributed by atoms with van der Waals surface area (Å²) in [5.41, 5.74) is 0. The molecule has 4 nitrogen and oxygen atoms in total. The van der Waals surface area contributed by atoms with Gasteiger partial charge in [-0.05, 0) is 25.3 Å². The smallest absolute Gasteiger partial charge is 0.328 e. The normalized spacial score (nSPS) is 11.0. The molecule has 92 valence electrons. The second kappa shape index (κ2) is 6.20. The third-order valence-electron chi connectivity index (χ3n) is 2.18. The molecule has 0 unspecified atom stereocenters. The number of nitrogens with zero attached hydrogens (tertiary/aromatic N) is 1. The van der Waals surface area contributed by atoms with Gasteiger partial charge in [0.25, 0.3) is 0 Å². The van der Waals surface area contributed by atoms with E-state index in [0.29, 0.717) is 6.54 Å². The molecule has 5 heteroatoms. The molecule has 0 saturated carbocycles. The van der Waals surface area contributed by atoms with Gasteiger partial charge in [0, 0.05) is 23.1 Å². The van der Waals surface area contributed by atoms with Crippen molar-refractivity contribution in [1.82, 2.24) is 4.90 Å². The van der Waals surface area contributed by atoms with Gasteiger partial charge in [0.2, 0.25) is 5.91 Å². The molecule has 0 aromatic carbocycles. The summed E-state index contributed by atoms with van der Waals surface area (Å²) < 4.78 is 0. The Labute approximate surface area is 104 Å². The highest BCUT2D eigenvalue weighted by atomic mass is 32.1. The molecule has 1 rings (SSSR count). The van der Waals surface area contributed by atoms with E-state index in [1.54, 1.807) is 16.2 Å². The van der Waals surface area contributed by atoms with Gasteiger partial charge in [0.05, 0.1) is 6.54 Å². The fourth-order valence-corrected chi connectivity index (χ4v) is 2.03. The van der Waals surface area contributed by atoms with E-state index >= 15 is 0 Å². The maximum absolute atomic E-state index is 11.8. The van der Waals surface area contributed by atoms with Crippen molar-refractivity contribution in [3.8, 4) is 0 Å². The van der Waals surface area contributed by atoms with E-state index in [4.69, 9.17) is 5.11 Å². The maximum Gasteiger partial charge on any atom is 0.328 e. The fraction of sp³-hybridized carbons (Fsp3) is 0.333. The molecule has 0 spiro atoms. The van der Waals surface area contributed by atoms with E-state index < -0.39 is 5.97 Å². The standard InChI is InChI=1S/C12H15NO3S/c1-9(2)13(8-10-4-3-7-17-10)11(14)5-6-12(15)16/h3-7,9H,8H2,1-2H3,(H,15,16). The molecule has 0 bridgehead atoms. The molecule has 0 radical (unpaired) electrons. The maximum atomic E-state index is 11.8. The Bertz CT molecular complexity index is 409. The lowest BCUT2D eigenvalue weighted by atomic mass is 10.3. The Hall–Kier alpha value is -1.62. The lowest BCUT2D eigenvalue weighted by Crippen LogP contribution is -2.35. The van der Waals surface area contributed by atoms with Crippen LogP contribution in [0.1, 0.15) is 18.7 Å². The number of carboxylic acid groups (broad SMARTS) is 1. The number of carbonyl (C=O) groups excluding carboxylic acids is 1. The zero-order chi connectivity index (χ0) is 12.8. The second-order valence-electron chi connectivity index (χ2n) is 3.81. The number of carbonyl (C=O) groups is 2. The van der Waals surface area contributed by atoms with Crippen molar-refractivity contribution in [2.24, 2.45) is 0 Å². The molecule has 1 aromatic heterocycles. The predicted molar refractivity (Wildman–Crippen MR) is 66.8 cm³/mol. The van der Waals surface area contributed by atoms with Crippen LogP contribution in [0.25, 0.3) is 0 Å². The van der Waals surface area contributed by atoms with Crippen LogP contribution in [0.2, 0.25) is 0 Å². The van der Waals surface area contributed by atoms with Crippen molar-refractivity contribution >= 4 is 23.2 Å². The summed E-state index contributed by atoms with van der Waals surface area (Å²) >= 11 is 1.58. The van der Waals surface area contributed by atoms with Gasteiger partial charge in [-0.2, -0.15) is 0 Å². The van der Waals surface area contributed by atoms with E-state index in [-0.39, 0.29) is 11.9 Å². The summed E-state index contributed by atoms with van der Waals surface area (Å²) in [7, 11) is 0. The van der Waals surface area contributed by atoms with Gasteiger partial charge in [-0.25, -0.2) is 4.79 Å². The summed E-state index contributed by atoms with van der Waals surface area (Å²) in [6.07, 6.45) is 1.96. The molecule has 0 aliphatic carbocycles. The molecule has 1 N–H and O–H groups in total. The SMILES string of the molecule is CC(C)N(Cc1cccs1)C(=O)C=CC(=O)O. The minimum absolute atomic E-state index is 0.0306. The monoisotopic (exact) mass is 253 g/mol. The lowest BCUT2D eigenvalue weighted by molar-refractivity contribution is -0.132. The van der Waals surface area contributed by atoms with Crippen molar-refractivity contribution in [3.63, 3.8) is 0 Å². The molecule has 17 heavy (non-hydrogen) atoms. The van der Waals surface area contributed by atoms with Crippen LogP contribution < -0.4 is 0 Å². The highest BCUT2D eigenvalue weighted by Crippen LogP contribution is 2.14. The van der Waals surface area contributed by atoms with Crippen molar-refractivity contribution in [2.45, 2.75) is 26.4 Å². The van der Waals surface area contributed by atoms with Crippen molar-refractivity contribution in [3.05, 3.63) is 34.5 Å². The van der Waals surface area contributed by atoms with E-state index in [0.717, 1.165) is 17.0 Å². The predicted octanol–water partition coefficient (Wildman–Crippen LogP) is 2.13. The minimum Gasteiger partial charge on any atom is -0.478 e. The van der Waals surface area contributed by atoms with Gasteiger partial charge >= 0.3 is 5.97 Å². The number of carboxylic acids is 1. The van der Waals surface area contributed by atoms with Crippen LogP contribution in [0.5, 0.6) is 0 Å². The molecule has 1 heterocycles. The molecular formula is C12H15NO3S. The van der Waals surface area contributed by atoms with Crippen LogP contribution in [0.4, 0.5) is 0 Å². The Morgan fingerprint density at radius 1 is 1.47 bits per heavy atom. The molecule has 1 aromatic rings. The van der Waals surface area contributed by atoms with Gasteiger partial charge < -0.3 is 10.0 Å². The van der Waals surface area contributed by atoms with Gasteiger partial charge in [-0.15, -0.1) is 11.3 Å². The van der Waals surface area contributed by atoms with E-state index in [1.807, 2.05) is 31.4 Å². The van der Waals surface area contributed by atoms with E-state index in [1.165, 1.54) is 0 Å². The topological polar surface area (TPSA) is 57.6 Å². The van der Waals surface area contributed by atoms with Gasteiger partial charge in [0.1, 0.15) is 0 Å². The fourth-order valence-electron chi connectivity index (χ4n) is 1.32. The first-order chi connectivity index (χ1) is 8.00. The van der Waals surface area contributed by atoms with Crippen molar-refractivity contribution in [1.29, 1.82) is 0 Å². The summed E-state index contributed by atoms with van der Waals surface area (Å²) in [6.45, 7) is 4.32. The summed E-state index contributed by atoms with van der Waals surface area (Å²) in [4.78, 5) is 24.9. The van der Waals surface area contributed by atoms with E-state index in [2.05, 4.69) is 0 Å². The number of hydrogen-bond acceptors (Lipinski definition) is 3. The van der Waals surface area contributed by atoms with Gasteiger partial charge in [-0.3, -0.25) is 4.79 Å². The summed E-state index contributed by atoms with van der Waals surface area (Å²) in [6, 6.07) is 3.91. The average molecular weight is 253 g/mol. The highest BCUT2D eigenvalue weighted by Gasteiger charge is 2.15. The van der Waals surface area contributed by atoms with Gasteiger partial charge in [-0.1, -0.05) is 6.07 Å².